The fraction of sp³-hybridized carbons (Fsp3) is 0.278. The molecule has 0 radical (unpaired) electrons. The zero-order chi connectivity index (χ0) is 17.1. The van der Waals surface area contributed by atoms with Gasteiger partial charge in [-0.2, -0.15) is 10.2 Å². The lowest BCUT2D eigenvalue weighted by atomic mass is 9.87. The molecule has 136 valence electrons. The van der Waals surface area contributed by atoms with Gasteiger partial charge in [0.25, 0.3) is 5.91 Å². The molecule has 3 aromatic rings. The van der Waals surface area contributed by atoms with E-state index >= 15 is 0 Å². The van der Waals surface area contributed by atoms with E-state index in [1.54, 1.807) is 17.1 Å². The van der Waals surface area contributed by atoms with Crippen molar-refractivity contribution in [2.45, 2.75) is 18.4 Å². The third-order valence-corrected chi connectivity index (χ3v) is 4.73. The summed E-state index contributed by atoms with van der Waals surface area (Å²) in [6.45, 7) is 1.59. The maximum absolute atomic E-state index is 13.2. The zero-order valence-electron chi connectivity index (χ0n) is 14.2. The van der Waals surface area contributed by atoms with Crippen molar-refractivity contribution >= 4 is 24.0 Å². The van der Waals surface area contributed by atoms with Gasteiger partial charge in [-0.3, -0.25) is 14.6 Å². The average molecular weight is 373 g/mol. The Morgan fingerprint density at radius 3 is 2.69 bits per heavy atom. The Bertz CT molecular complexity index is 840. The molecule has 26 heavy (non-hydrogen) atoms. The van der Waals surface area contributed by atoms with E-state index in [2.05, 4.69) is 25.9 Å². The molecule has 3 N–H and O–H groups in total. The first-order valence-corrected chi connectivity index (χ1v) is 8.40. The second-order valence-electron chi connectivity index (χ2n) is 6.24. The number of carbonyl (C=O) groups excluding carboxylic acids is 1. The van der Waals surface area contributed by atoms with E-state index < -0.39 is 5.54 Å². The lowest BCUT2D eigenvalue weighted by molar-refractivity contribution is -0.126. The first kappa shape index (κ1) is 18.2. The molecule has 1 aliphatic heterocycles. The van der Waals surface area contributed by atoms with Crippen LogP contribution in [0.15, 0.2) is 55.0 Å². The van der Waals surface area contributed by atoms with E-state index in [1.807, 2.05) is 42.6 Å². The average Bonchev–Trinajstić information content (AvgIpc) is 3.36. The minimum atomic E-state index is -0.654. The van der Waals surface area contributed by atoms with Crippen LogP contribution in [-0.4, -0.2) is 39.0 Å². The molecule has 0 aliphatic carbocycles. The number of nitrogens with zero attached hydrogens (tertiary/aromatic N) is 3. The van der Waals surface area contributed by atoms with E-state index in [0.29, 0.717) is 12.8 Å². The second kappa shape index (κ2) is 7.72. The summed E-state index contributed by atoms with van der Waals surface area (Å²) in [5.41, 5.74) is 2.01. The third-order valence-electron chi connectivity index (χ3n) is 4.73. The van der Waals surface area contributed by atoms with Crippen LogP contribution in [0, 0.1) is 0 Å². The molecule has 0 saturated carbocycles. The van der Waals surface area contributed by atoms with Gasteiger partial charge in [-0.25, -0.2) is 0 Å². The van der Waals surface area contributed by atoms with Crippen LogP contribution >= 0.6 is 12.4 Å². The molecule has 0 bridgehead atoms. The Morgan fingerprint density at radius 2 is 2.00 bits per heavy atom. The zero-order valence-corrected chi connectivity index (χ0v) is 15.0. The third kappa shape index (κ3) is 3.36. The highest BCUT2D eigenvalue weighted by Gasteiger charge is 2.42. The van der Waals surface area contributed by atoms with E-state index in [-0.39, 0.29) is 18.3 Å². The van der Waals surface area contributed by atoms with Gasteiger partial charge in [-0.1, -0.05) is 12.1 Å². The first-order valence-electron chi connectivity index (χ1n) is 8.40. The quantitative estimate of drug-likeness (QED) is 0.656. The molecule has 1 fully saturated rings. The van der Waals surface area contributed by atoms with Gasteiger partial charge >= 0.3 is 0 Å². The van der Waals surface area contributed by atoms with Crippen molar-refractivity contribution in [1.82, 2.24) is 25.3 Å². The van der Waals surface area contributed by atoms with Crippen molar-refractivity contribution in [3.8, 4) is 11.3 Å². The molecule has 0 spiro atoms. The number of piperidine rings is 1. The summed E-state index contributed by atoms with van der Waals surface area (Å²) in [6, 6.07) is 11.5. The molecule has 8 heteroatoms. The Balaban J connectivity index is 0.00000196. The van der Waals surface area contributed by atoms with Crippen LogP contribution in [0.5, 0.6) is 0 Å². The normalized spacial score (nSPS) is 15.8. The SMILES string of the molecule is Cl.O=C(Nc1cccc(-c2ccn[nH]2)c1)C1(n2cccn2)CCNCC1. The fourth-order valence-corrected chi connectivity index (χ4v) is 3.35. The smallest absolute Gasteiger partial charge is 0.252 e. The number of anilines is 1. The van der Waals surface area contributed by atoms with Gasteiger partial charge in [0.05, 0.1) is 5.69 Å². The van der Waals surface area contributed by atoms with E-state index in [4.69, 9.17) is 0 Å². The van der Waals surface area contributed by atoms with E-state index in [0.717, 1.165) is 30.0 Å². The van der Waals surface area contributed by atoms with Crippen molar-refractivity contribution in [3.05, 3.63) is 55.0 Å². The molecular weight excluding hydrogens is 352 g/mol. The highest BCUT2D eigenvalue weighted by Crippen LogP contribution is 2.29. The van der Waals surface area contributed by atoms with Crippen LogP contribution in [0.4, 0.5) is 5.69 Å². The molecule has 1 aromatic carbocycles. The monoisotopic (exact) mass is 372 g/mol. The lowest BCUT2D eigenvalue weighted by Gasteiger charge is -2.36. The highest BCUT2D eigenvalue weighted by atomic mass is 35.5. The Kier molecular flexibility index (Phi) is 5.39. The maximum atomic E-state index is 13.2. The molecule has 1 aliphatic rings. The van der Waals surface area contributed by atoms with Crippen molar-refractivity contribution in [2.75, 3.05) is 18.4 Å². The topological polar surface area (TPSA) is 87.6 Å². The number of halogens is 1. The van der Waals surface area contributed by atoms with Crippen LogP contribution in [0.25, 0.3) is 11.3 Å². The van der Waals surface area contributed by atoms with Crippen LogP contribution in [0.3, 0.4) is 0 Å². The number of hydrogen-bond acceptors (Lipinski definition) is 4. The molecular formula is C18H21ClN6O. The number of hydrogen-bond donors (Lipinski definition) is 3. The molecule has 0 unspecified atom stereocenters. The summed E-state index contributed by atoms with van der Waals surface area (Å²) in [4.78, 5) is 13.2. The van der Waals surface area contributed by atoms with Gasteiger partial charge < -0.3 is 10.6 Å². The predicted octanol–water partition coefficient (Wildman–Crippen LogP) is 2.41. The number of aromatic amines is 1. The summed E-state index contributed by atoms with van der Waals surface area (Å²) in [7, 11) is 0. The lowest BCUT2D eigenvalue weighted by Crippen LogP contribution is -2.52. The predicted molar refractivity (Wildman–Crippen MR) is 102 cm³/mol. The van der Waals surface area contributed by atoms with Gasteiger partial charge in [0, 0.05) is 29.8 Å². The molecule has 3 heterocycles. The second-order valence-corrected chi connectivity index (χ2v) is 6.24. The van der Waals surface area contributed by atoms with Gasteiger partial charge in [-0.15, -0.1) is 12.4 Å². The van der Waals surface area contributed by atoms with Crippen molar-refractivity contribution in [1.29, 1.82) is 0 Å². The van der Waals surface area contributed by atoms with Gasteiger partial charge in [0.1, 0.15) is 5.54 Å². The summed E-state index contributed by atoms with van der Waals surface area (Å²) >= 11 is 0. The molecule has 4 rings (SSSR count). The summed E-state index contributed by atoms with van der Waals surface area (Å²) in [6.07, 6.45) is 6.71. The largest absolute Gasteiger partial charge is 0.324 e. The van der Waals surface area contributed by atoms with Crippen molar-refractivity contribution in [2.24, 2.45) is 0 Å². The fourth-order valence-electron chi connectivity index (χ4n) is 3.35. The molecule has 2 aromatic heterocycles. The van der Waals surface area contributed by atoms with Crippen LogP contribution < -0.4 is 10.6 Å². The van der Waals surface area contributed by atoms with Crippen LogP contribution in [-0.2, 0) is 10.3 Å². The maximum Gasteiger partial charge on any atom is 0.252 e. The minimum Gasteiger partial charge on any atom is -0.324 e. The van der Waals surface area contributed by atoms with Gasteiger partial charge in [-0.05, 0) is 50.2 Å². The first-order chi connectivity index (χ1) is 12.3. The Labute approximate surface area is 157 Å². The van der Waals surface area contributed by atoms with E-state index in [9.17, 15) is 4.79 Å². The Hall–Kier alpha value is -2.64. The highest BCUT2D eigenvalue weighted by molar-refractivity contribution is 5.97. The summed E-state index contributed by atoms with van der Waals surface area (Å²) in [5.74, 6) is -0.0283. The molecule has 1 amide bonds. The number of aromatic nitrogens is 4. The van der Waals surface area contributed by atoms with E-state index in [1.165, 1.54) is 0 Å². The summed E-state index contributed by atoms with van der Waals surface area (Å²) in [5, 5.41) is 17.7. The number of carbonyl (C=O) groups is 1. The minimum absolute atomic E-state index is 0. The Morgan fingerprint density at radius 1 is 1.15 bits per heavy atom. The summed E-state index contributed by atoms with van der Waals surface area (Å²) < 4.78 is 1.79. The molecule has 1 saturated heterocycles. The van der Waals surface area contributed by atoms with Crippen molar-refractivity contribution < 1.29 is 4.79 Å². The number of nitrogens with one attached hydrogen (secondary N) is 3. The molecule has 7 nitrogen and oxygen atoms in total. The number of benzene rings is 1. The standard InChI is InChI=1S/C18H20N6O.ClH/c25-17(18(6-10-19-11-7-18)24-12-2-8-21-24)22-15-4-1-3-14(13-15)16-5-9-20-23-16;/h1-5,8-9,12-13,19H,6-7,10-11H2,(H,20,23)(H,22,25);1H. The van der Waals surface area contributed by atoms with Crippen molar-refractivity contribution in [3.63, 3.8) is 0 Å². The van der Waals surface area contributed by atoms with Crippen LogP contribution in [0.2, 0.25) is 0 Å². The van der Waals surface area contributed by atoms with Gasteiger partial charge in [0.15, 0.2) is 0 Å². The van der Waals surface area contributed by atoms with Gasteiger partial charge in [0.2, 0.25) is 0 Å². The van der Waals surface area contributed by atoms with Crippen LogP contribution in [0.1, 0.15) is 12.8 Å². The molecule has 0 atom stereocenters. The number of amides is 1. The number of rotatable bonds is 4. The number of H-pyrrole nitrogens is 1.